The molecule has 0 aliphatic heterocycles. The van der Waals surface area contributed by atoms with E-state index in [0.717, 1.165) is 6.42 Å². The number of aromatic nitrogens is 1. The van der Waals surface area contributed by atoms with Crippen molar-refractivity contribution in [3.8, 4) is 0 Å². The van der Waals surface area contributed by atoms with Gasteiger partial charge in [-0.15, -0.1) is 0 Å². The molecule has 1 aromatic heterocycles. The Hall–Kier alpha value is -1.32. The summed E-state index contributed by atoms with van der Waals surface area (Å²) in [7, 11) is 0. The zero-order chi connectivity index (χ0) is 9.26. The van der Waals surface area contributed by atoms with Crippen molar-refractivity contribution in [3.05, 3.63) is 18.4 Å². The number of rotatable bonds is 3. The molecule has 1 aliphatic carbocycles. The van der Waals surface area contributed by atoms with Crippen molar-refractivity contribution in [1.82, 2.24) is 4.98 Å². The third-order valence-electron chi connectivity index (χ3n) is 2.15. The van der Waals surface area contributed by atoms with E-state index >= 15 is 0 Å². The molecule has 4 nitrogen and oxygen atoms in total. The lowest BCUT2D eigenvalue weighted by molar-refractivity contribution is -0.144. The van der Waals surface area contributed by atoms with E-state index in [1.807, 2.05) is 0 Å². The van der Waals surface area contributed by atoms with Gasteiger partial charge in [0, 0.05) is 5.92 Å². The topological polar surface area (TPSA) is 52.3 Å². The Balaban J connectivity index is 1.92. The lowest BCUT2D eigenvalue weighted by Crippen LogP contribution is -2.07. The molecule has 1 aromatic rings. The van der Waals surface area contributed by atoms with Crippen LogP contribution in [0.5, 0.6) is 0 Å². The van der Waals surface area contributed by atoms with Crippen LogP contribution in [0.15, 0.2) is 16.9 Å². The van der Waals surface area contributed by atoms with Crippen LogP contribution in [0.4, 0.5) is 0 Å². The minimum atomic E-state index is -0.134. The molecule has 0 N–H and O–H groups in total. The van der Waals surface area contributed by atoms with E-state index in [1.54, 1.807) is 13.1 Å². The molecule has 0 unspecified atom stereocenters. The highest BCUT2D eigenvalue weighted by molar-refractivity contribution is 5.76. The average molecular weight is 181 g/mol. The molecule has 1 fully saturated rings. The highest BCUT2D eigenvalue weighted by Gasteiger charge is 2.48. The predicted octanol–water partition coefficient (Wildman–Crippen LogP) is 1.34. The molecule has 1 saturated carbocycles. The molecule has 1 heterocycles. The number of oxazole rings is 1. The second-order valence-electron chi connectivity index (χ2n) is 3.07. The van der Waals surface area contributed by atoms with E-state index in [0.29, 0.717) is 12.5 Å². The summed E-state index contributed by atoms with van der Waals surface area (Å²) < 4.78 is 9.98. The summed E-state index contributed by atoms with van der Waals surface area (Å²) in [6, 6.07) is 0. The summed E-state index contributed by atoms with van der Waals surface area (Å²) >= 11 is 0. The van der Waals surface area contributed by atoms with Crippen molar-refractivity contribution in [1.29, 1.82) is 0 Å². The quantitative estimate of drug-likeness (QED) is 0.660. The van der Waals surface area contributed by atoms with Crippen LogP contribution in [0.3, 0.4) is 0 Å². The van der Waals surface area contributed by atoms with Crippen LogP contribution < -0.4 is 0 Å². The van der Waals surface area contributed by atoms with Crippen molar-refractivity contribution >= 4 is 5.97 Å². The summed E-state index contributed by atoms with van der Waals surface area (Å²) in [4.78, 5) is 15.2. The summed E-state index contributed by atoms with van der Waals surface area (Å²) in [5.74, 6) is 0.636. The molecule has 1 aliphatic rings. The molecule has 70 valence electrons. The number of nitrogens with zero attached hydrogens (tertiary/aromatic N) is 1. The molecular formula is C9H11NO3. The minimum Gasteiger partial charge on any atom is -0.466 e. The largest absolute Gasteiger partial charge is 0.466 e. The Bertz CT molecular complexity index is 294. The van der Waals surface area contributed by atoms with Gasteiger partial charge in [0.25, 0.3) is 0 Å². The Morgan fingerprint density at radius 3 is 3.31 bits per heavy atom. The maximum Gasteiger partial charge on any atom is 0.309 e. The van der Waals surface area contributed by atoms with Crippen molar-refractivity contribution in [2.24, 2.45) is 5.92 Å². The first-order valence-electron chi connectivity index (χ1n) is 4.39. The predicted molar refractivity (Wildman–Crippen MR) is 44.0 cm³/mol. The van der Waals surface area contributed by atoms with E-state index < -0.39 is 0 Å². The van der Waals surface area contributed by atoms with Crippen LogP contribution in [-0.4, -0.2) is 17.6 Å². The third-order valence-corrected chi connectivity index (χ3v) is 2.15. The highest BCUT2D eigenvalue weighted by atomic mass is 16.5. The molecule has 0 saturated heterocycles. The van der Waals surface area contributed by atoms with E-state index in [1.165, 1.54) is 6.26 Å². The molecule has 2 atom stereocenters. The molecule has 0 amide bonds. The second-order valence-corrected chi connectivity index (χ2v) is 3.07. The monoisotopic (exact) mass is 181 g/mol. The number of esters is 1. The zero-order valence-corrected chi connectivity index (χ0v) is 7.40. The maximum atomic E-state index is 11.2. The van der Waals surface area contributed by atoms with Gasteiger partial charge in [-0.25, -0.2) is 4.98 Å². The van der Waals surface area contributed by atoms with Crippen LogP contribution >= 0.6 is 0 Å². The first-order valence-corrected chi connectivity index (χ1v) is 4.39. The van der Waals surface area contributed by atoms with E-state index in [-0.39, 0.29) is 17.8 Å². The van der Waals surface area contributed by atoms with Crippen LogP contribution in [0, 0.1) is 5.92 Å². The normalized spacial score (nSPS) is 25.6. The van der Waals surface area contributed by atoms with Gasteiger partial charge < -0.3 is 9.15 Å². The zero-order valence-electron chi connectivity index (χ0n) is 7.40. The van der Waals surface area contributed by atoms with Gasteiger partial charge in [-0.3, -0.25) is 4.79 Å². The fourth-order valence-corrected chi connectivity index (χ4v) is 1.40. The molecule has 0 spiro atoms. The average Bonchev–Trinajstić information content (AvgIpc) is 2.74. The number of carbonyl (C=O) groups excluding carboxylic acids is 1. The van der Waals surface area contributed by atoms with E-state index in [9.17, 15) is 4.79 Å². The number of hydrogen-bond donors (Lipinski definition) is 0. The summed E-state index contributed by atoms with van der Waals surface area (Å²) in [6.45, 7) is 2.24. The standard InChI is InChI=1S/C9H11NO3/c1-2-12-9(11)7-5-6(7)8-10-3-4-13-8/h3-4,6-7H,2,5H2,1H3/t6-,7-/m0/s1. The van der Waals surface area contributed by atoms with Crippen LogP contribution in [0.1, 0.15) is 25.2 Å². The minimum absolute atomic E-state index is 0.0291. The molecule has 4 heteroatoms. The lowest BCUT2D eigenvalue weighted by atomic mass is 10.3. The lowest BCUT2D eigenvalue weighted by Gasteiger charge is -1.98. The first kappa shape index (κ1) is 8.29. The molecule has 0 aromatic carbocycles. The molecule has 2 rings (SSSR count). The Morgan fingerprint density at radius 2 is 2.69 bits per heavy atom. The maximum absolute atomic E-state index is 11.2. The van der Waals surface area contributed by atoms with Crippen molar-refractivity contribution in [2.45, 2.75) is 19.3 Å². The van der Waals surface area contributed by atoms with Gasteiger partial charge in [-0.05, 0) is 13.3 Å². The Labute approximate surface area is 75.9 Å². The fourth-order valence-electron chi connectivity index (χ4n) is 1.40. The summed E-state index contributed by atoms with van der Waals surface area (Å²) in [5, 5.41) is 0. The Kier molecular flexibility index (Phi) is 2.04. The second kappa shape index (κ2) is 3.20. The van der Waals surface area contributed by atoms with Gasteiger partial charge in [0.15, 0.2) is 5.89 Å². The number of carbonyl (C=O) groups is 1. The third kappa shape index (κ3) is 1.56. The molecule has 13 heavy (non-hydrogen) atoms. The van der Waals surface area contributed by atoms with Crippen LogP contribution in [-0.2, 0) is 9.53 Å². The SMILES string of the molecule is CCOC(=O)[C@H]1C[C@@H]1c1ncco1. The molecule has 0 radical (unpaired) electrons. The van der Waals surface area contributed by atoms with Crippen molar-refractivity contribution in [2.75, 3.05) is 6.61 Å². The van der Waals surface area contributed by atoms with Gasteiger partial charge in [0.1, 0.15) is 6.26 Å². The Morgan fingerprint density at radius 1 is 1.85 bits per heavy atom. The summed E-state index contributed by atoms with van der Waals surface area (Å²) in [5.41, 5.74) is 0. The van der Waals surface area contributed by atoms with Crippen LogP contribution in [0.2, 0.25) is 0 Å². The first-order chi connectivity index (χ1) is 6.33. The smallest absolute Gasteiger partial charge is 0.309 e. The highest BCUT2D eigenvalue weighted by Crippen LogP contribution is 2.47. The van der Waals surface area contributed by atoms with Gasteiger partial charge in [0.2, 0.25) is 0 Å². The van der Waals surface area contributed by atoms with Gasteiger partial charge in [0.05, 0.1) is 18.7 Å². The van der Waals surface area contributed by atoms with Gasteiger partial charge in [-0.2, -0.15) is 0 Å². The molecular weight excluding hydrogens is 170 g/mol. The van der Waals surface area contributed by atoms with E-state index in [2.05, 4.69) is 4.98 Å². The number of ether oxygens (including phenoxy) is 1. The van der Waals surface area contributed by atoms with Crippen molar-refractivity contribution < 1.29 is 13.9 Å². The van der Waals surface area contributed by atoms with Crippen molar-refractivity contribution in [3.63, 3.8) is 0 Å². The number of hydrogen-bond acceptors (Lipinski definition) is 4. The fraction of sp³-hybridized carbons (Fsp3) is 0.556. The van der Waals surface area contributed by atoms with Gasteiger partial charge >= 0.3 is 5.97 Å². The van der Waals surface area contributed by atoms with Gasteiger partial charge in [-0.1, -0.05) is 0 Å². The molecule has 0 bridgehead atoms. The van der Waals surface area contributed by atoms with Crippen LogP contribution in [0.25, 0.3) is 0 Å². The summed E-state index contributed by atoms with van der Waals surface area (Å²) in [6.07, 6.45) is 3.92. The van der Waals surface area contributed by atoms with E-state index in [4.69, 9.17) is 9.15 Å².